The molecule has 6 heteroatoms. The number of hydrogen-bond donors (Lipinski definition) is 0. The standard InChI is InChI=1S/C15H13BrN2O3/c1-10-3-8-14(16)13(9-10)15(19)17(2)11-4-6-12(7-5-11)18(20)21/h3-9H,1-2H3. The molecule has 0 radical (unpaired) electrons. The zero-order valence-corrected chi connectivity index (χ0v) is 13.1. The highest BCUT2D eigenvalue weighted by Gasteiger charge is 2.17. The number of halogens is 1. The number of anilines is 1. The molecule has 0 heterocycles. The number of rotatable bonds is 3. The van der Waals surface area contributed by atoms with Crippen LogP contribution >= 0.6 is 15.9 Å². The summed E-state index contributed by atoms with van der Waals surface area (Å²) < 4.78 is 0.715. The van der Waals surface area contributed by atoms with Crippen LogP contribution in [0.25, 0.3) is 0 Å². The van der Waals surface area contributed by atoms with Crippen molar-refractivity contribution in [2.75, 3.05) is 11.9 Å². The lowest BCUT2D eigenvalue weighted by molar-refractivity contribution is -0.384. The Morgan fingerprint density at radius 2 is 1.81 bits per heavy atom. The first-order valence-corrected chi connectivity index (χ1v) is 6.98. The Hall–Kier alpha value is -2.21. The average molecular weight is 349 g/mol. The Kier molecular flexibility index (Phi) is 4.37. The molecule has 0 aliphatic heterocycles. The van der Waals surface area contributed by atoms with Gasteiger partial charge in [0.05, 0.1) is 10.5 Å². The van der Waals surface area contributed by atoms with Crippen LogP contribution in [-0.2, 0) is 0 Å². The predicted molar refractivity (Wildman–Crippen MR) is 84.7 cm³/mol. The summed E-state index contributed by atoms with van der Waals surface area (Å²) in [6.45, 7) is 1.91. The number of hydrogen-bond acceptors (Lipinski definition) is 3. The van der Waals surface area contributed by atoms with Gasteiger partial charge in [0.2, 0.25) is 0 Å². The van der Waals surface area contributed by atoms with E-state index in [1.165, 1.54) is 17.0 Å². The molecular weight excluding hydrogens is 336 g/mol. The number of carbonyl (C=O) groups excluding carboxylic acids is 1. The van der Waals surface area contributed by atoms with Crippen LogP contribution in [-0.4, -0.2) is 17.9 Å². The third-order valence-corrected chi connectivity index (χ3v) is 3.80. The van der Waals surface area contributed by atoms with E-state index in [4.69, 9.17) is 0 Å². The minimum atomic E-state index is -0.469. The predicted octanol–water partition coefficient (Wildman–Crippen LogP) is 3.94. The van der Waals surface area contributed by atoms with E-state index in [9.17, 15) is 14.9 Å². The molecule has 0 bridgehead atoms. The molecular formula is C15H13BrN2O3. The van der Waals surface area contributed by atoms with Crippen LogP contribution < -0.4 is 4.90 Å². The molecule has 0 saturated carbocycles. The molecule has 2 aromatic rings. The molecule has 5 nitrogen and oxygen atoms in total. The Bertz CT molecular complexity index is 699. The van der Waals surface area contributed by atoms with Crippen LogP contribution in [0.3, 0.4) is 0 Å². The van der Waals surface area contributed by atoms with Crippen LogP contribution in [0, 0.1) is 17.0 Å². The summed E-state index contributed by atoms with van der Waals surface area (Å²) in [6.07, 6.45) is 0. The van der Waals surface area contributed by atoms with Crippen molar-refractivity contribution in [2.45, 2.75) is 6.92 Å². The molecule has 0 unspecified atom stereocenters. The number of carbonyl (C=O) groups is 1. The van der Waals surface area contributed by atoms with Gasteiger partial charge in [-0.1, -0.05) is 11.6 Å². The first-order valence-electron chi connectivity index (χ1n) is 6.19. The minimum absolute atomic E-state index is 0.00339. The summed E-state index contributed by atoms with van der Waals surface area (Å²) in [5.41, 5.74) is 2.13. The van der Waals surface area contributed by atoms with Gasteiger partial charge >= 0.3 is 0 Å². The fourth-order valence-electron chi connectivity index (χ4n) is 1.90. The molecule has 2 rings (SSSR count). The molecule has 0 aliphatic carbocycles. The summed E-state index contributed by atoms with van der Waals surface area (Å²) in [4.78, 5) is 24.1. The van der Waals surface area contributed by atoms with E-state index in [2.05, 4.69) is 15.9 Å². The molecule has 2 aromatic carbocycles. The van der Waals surface area contributed by atoms with E-state index in [1.807, 2.05) is 19.1 Å². The van der Waals surface area contributed by atoms with E-state index < -0.39 is 4.92 Å². The summed E-state index contributed by atoms with van der Waals surface area (Å²) in [6, 6.07) is 11.4. The van der Waals surface area contributed by atoms with Gasteiger partial charge in [0.15, 0.2) is 0 Å². The zero-order chi connectivity index (χ0) is 15.6. The van der Waals surface area contributed by atoms with Crippen molar-refractivity contribution in [1.82, 2.24) is 0 Å². The highest BCUT2D eigenvalue weighted by atomic mass is 79.9. The van der Waals surface area contributed by atoms with Gasteiger partial charge < -0.3 is 4.90 Å². The van der Waals surface area contributed by atoms with Gasteiger partial charge in [-0.05, 0) is 47.1 Å². The van der Waals surface area contributed by atoms with Crippen LogP contribution in [0.1, 0.15) is 15.9 Å². The second-order valence-corrected chi connectivity index (χ2v) is 5.48. The van der Waals surface area contributed by atoms with Crippen molar-refractivity contribution in [3.63, 3.8) is 0 Å². The van der Waals surface area contributed by atoms with Crippen LogP contribution in [0.15, 0.2) is 46.9 Å². The number of nitro benzene ring substituents is 1. The monoisotopic (exact) mass is 348 g/mol. The molecule has 108 valence electrons. The summed E-state index contributed by atoms with van der Waals surface area (Å²) in [5.74, 6) is -0.181. The summed E-state index contributed by atoms with van der Waals surface area (Å²) in [7, 11) is 1.64. The fraction of sp³-hybridized carbons (Fsp3) is 0.133. The average Bonchev–Trinajstić information content (AvgIpc) is 2.48. The maximum absolute atomic E-state index is 12.5. The van der Waals surface area contributed by atoms with Gasteiger partial charge in [-0.2, -0.15) is 0 Å². The van der Waals surface area contributed by atoms with Crippen LogP contribution in [0.5, 0.6) is 0 Å². The Balaban J connectivity index is 2.30. The van der Waals surface area contributed by atoms with Crippen molar-refractivity contribution in [2.24, 2.45) is 0 Å². The molecule has 21 heavy (non-hydrogen) atoms. The molecule has 0 spiro atoms. The van der Waals surface area contributed by atoms with Gasteiger partial charge in [0.25, 0.3) is 11.6 Å². The molecule has 0 fully saturated rings. The van der Waals surface area contributed by atoms with Gasteiger partial charge in [-0.25, -0.2) is 0 Å². The summed E-state index contributed by atoms with van der Waals surface area (Å²) >= 11 is 3.37. The second kappa shape index (κ2) is 6.05. The smallest absolute Gasteiger partial charge is 0.269 e. The highest BCUT2D eigenvalue weighted by molar-refractivity contribution is 9.10. The maximum Gasteiger partial charge on any atom is 0.269 e. The number of non-ortho nitro benzene ring substituents is 1. The largest absolute Gasteiger partial charge is 0.311 e. The second-order valence-electron chi connectivity index (χ2n) is 4.62. The van der Waals surface area contributed by atoms with E-state index in [0.29, 0.717) is 15.7 Å². The lowest BCUT2D eigenvalue weighted by Gasteiger charge is -2.18. The molecule has 0 saturated heterocycles. The SMILES string of the molecule is Cc1ccc(Br)c(C(=O)N(C)c2ccc([N+](=O)[O-])cc2)c1. The number of aryl methyl sites for hydroxylation is 1. The van der Waals surface area contributed by atoms with Crippen molar-refractivity contribution >= 4 is 33.2 Å². The quantitative estimate of drug-likeness (QED) is 0.623. The van der Waals surface area contributed by atoms with E-state index >= 15 is 0 Å². The minimum Gasteiger partial charge on any atom is -0.311 e. The topological polar surface area (TPSA) is 63.5 Å². The van der Waals surface area contributed by atoms with Crippen LogP contribution in [0.4, 0.5) is 11.4 Å². The van der Waals surface area contributed by atoms with Crippen molar-refractivity contribution in [1.29, 1.82) is 0 Å². The lowest BCUT2D eigenvalue weighted by Crippen LogP contribution is -2.26. The molecule has 0 atom stereocenters. The number of nitrogens with zero attached hydrogens (tertiary/aromatic N) is 2. The molecule has 0 aromatic heterocycles. The first kappa shape index (κ1) is 15.2. The normalized spacial score (nSPS) is 10.2. The highest BCUT2D eigenvalue weighted by Crippen LogP contribution is 2.24. The lowest BCUT2D eigenvalue weighted by atomic mass is 10.1. The molecule has 1 amide bonds. The maximum atomic E-state index is 12.5. The van der Waals surface area contributed by atoms with Gasteiger partial charge in [0, 0.05) is 29.3 Å². The Morgan fingerprint density at radius 3 is 2.38 bits per heavy atom. The van der Waals surface area contributed by atoms with Crippen molar-refractivity contribution < 1.29 is 9.72 Å². The summed E-state index contributed by atoms with van der Waals surface area (Å²) in [5, 5.41) is 10.6. The number of amides is 1. The van der Waals surface area contributed by atoms with Gasteiger partial charge in [0.1, 0.15) is 0 Å². The van der Waals surface area contributed by atoms with Gasteiger partial charge in [-0.3, -0.25) is 14.9 Å². The fourth-order valence-corrected chi connectivity index (χ4v) is 2.32. The zero-order valence-electron chi connectivity index (χ0n) is 11.5. The van der Waals surface area contributed by atoms with E-state index in [0.717, 1.165) is 5.56 Å². The third-order valence-electron chi connectivity index (χ3n) is 3.10. The van der Waals surface area contributed by atoms with Crippen molar-refractivity contribution in [3.05, 3.63) is 68.2 Å². The number of benzene rings is 2. The Labute approximate surface area is 130 Å². The number of nitro groups is 1. The molecule has 0 N–H and O–H groups in total. The van der Waals surface area contributed by atoms with Gasteiger partial charge in [-0.15, -0.1) is 0 Å². The molecule has 0 aliphatic rings. The Morgan fingerprint density at radius 1 is 1.19 bits per heavy atom. The van der Waals surface area contributed by atoms with E-state index in [1.54, 1.807) is 25.2 Å². The van der Waals surface area contributed by atoms with Crippen molar-refractivity contribution in [3.8, 4) is 0 Å². The third kappa shape index (κ3) is 3.28. The first-order chi connectivity index (χ1) is 9.90. The van der Waals surface area contributed by atoms with E-state index in [-0.39, 0.29) is 11.6 Å². The van der Waals surface area contributed by atoms with Crippen LogP contribution in [0.2, 0.25) is 0 Å².